The van der Waals surface area contributed by atoms with Crippen LogP contribution in [-0.4, -0.2) is 15.0 Å². The zero-order chi connectivity index (χ0) is 25.6. The van der Waals surface area contributed by atoms with Crippen LogP contribution in [0.1, 0.15) is 0 Å². The number of aromatic nitrogens is 3. The molecular formula is C35H22IrN3. The molecule has 7 rings (SSSR count). The summed E-state index contributed by atoms with van der Waals surface area (Å²) >= 11 is 0. The third-order valence-corrected chi connectivity index (χ3v) is 6.15. The van der Waals surface area contributed by atoms with E-state index in [0.717, 1.165) is 55.4 Å². The fourth-order valence-corrected chi connectivity index (χ4v) is 4.28. The molecule has 0 atom stereocenters. The number of benzene rings is 4. The second-order valence-electron chi connectivity index (χ2n) is 8.65. The van der Waals surface area contributed by atoms with Crippen molar-refractivity contribution in [1.29, 1.82) is 0 Å². The number of hydrogen-bond donors (Lipinski definition) is 0. The summed E-state index contributed by atoms with van der Waals surface area (Å²) in [5.41, 5.74) is 7.86. The topological polar surface area (TPSA) is 38.7 Å². The van der Waals surface area contributed by atoms with E-state index in [1.54, 1.807) is 6.20 Å². The molecule has 0 radical (unpaired) electrons. The van der Waals surface area contributed by atoms with E-state index in [1.165, 1.54) is 0 Å². The van der Waals surface area contributed by atoms with Crippen molar-refractivity contribution in [2.45, 2.75) is 0 Å². The van der Waals surface area contributed by atoms with Crippen LogP contribution in [0.15, 0.2) is 134 Å². The van der Waals surface area contributed by atoms with Crippen molar-refractivity contribution < 1.29 is 20.1 Å². The molecule has 0 aliphatic carbocycles. The summed E-state index contributed by atoms with van der Waals surface area (Å²) in [4.78, 5) is 13.6. The molecule has 39 heavy (non-hydrogen) atoms. The molecule has 0 fully saturated rings. The van der Waals surface area contributed by atoms with Crippen molar-refractivity contribution in [2.24, 2.45) is 0 Å². The van der Waals surface area contributed by atoms with Gasteiger partial charge in [0.15, 0.2) is 0 Å². The predicted molar refractivity (Wildman–Crippen MR) is 154 cm³/mol. The maximum absolute atomic E-state index is 4.78. The third kappa shape index (κ3) is 5.99. The molecule has 7 aromatic rings. The van der Waals surface area contributed by atoms with Crippen LogP contribution in [0.3, 0.4) is 0 Å². The molecule has 4 aromatic carbocycles. The number of hydrogen-bond acceptors (Lipinski definition) is 3. The number of pyridine rings is 3. The molecule has 3 heterocycles. The van der Waals surface area contributed by atoms with Crippen LogP contribution < -0.4 is 0 Å². The Labute approximate surface area is 241 Å². The van der Waals surface area contributed by atoms with Crippen LogP contribution in [-0.2, 0) is 20.1 Å². The molecule has 0 saturated heterocycles. The van der Waals surface area contributed by atoms with E-state index >= 15 is 0 Å². The van der Waals surface area contributed by atoms with E-state index < -0.39 is 0 Å². The molecule has 0 aliphatic heterocycles. The molecule has 4 heteroatoms. The Morgan fingerprint density at radius 2 is 1.10 bits per heavy atom. The Bertz CT molecular complexity index is 1750. The minimum absolute atomic E-state index is 0. The molecule has 0 amide bonds. The minimum Gasteiger partial charge on any atom is -0.295 e. The Kier molecular flexibility index (Phi) is 8.28. The summed E-state index contributed by atoms with van der Waals surface area (Å²) in [7, 11) is 0. The Hall–Kier alpha value is -4.50. The summed E-state index contributed by atoms with van der Waals surface area (Å²) in [6, 6.07) is 49.9. The van der Waals surface area contributed by atoms with Gasteiger partial charge in [-0.05, 0) is 17.8 Å². The summed E-state index contributed by atoms with van der Waals surface area (Å²) in [5.74, 6) is 0. The fraction of sp³-hybridized carbons (Fsp3) is 0. The van der Waals surface area contributed by atoms with Gasteiger partial charge in [-0.3, -0.25) is 15.0 Å². The van der Waals surface area contributed by atoms with Crippen LogP contribution >= 0.6 is 0 Å². The van der Waals surface area contributed by atoms with Crippen molar-refractivity contribution >= 4 is 21.8 Å². The molecule has 0 N–H and O–H groups in total. The molecule has 0 aliphatic rings. The first kappa shape index (κ1) is 26.1. The fourth-order valence-electron chi connectivity index (χ4n) is 4.28. The zero-order valence-electron chi connectivity index (χ0n) is 20.9. The van der Waals surface area contributed by atoms with Gasteiger partial charge in [0.2, 0.25) is 0 Å². The molecule has 0 bridgehead atoms. The van der Waals surface area contributed by atoms with E-state index in [2.05, 4.69) is 52.4 Å². The largest absolute Gasteiger partial charge is 3.00 e. The summed E-state index contributed by atoms with van der Waals surface area (Å²) in [6.45, 7) is 0. The van der Waals surface area contributed by atoms with E-state index in [-0.39, 0.29) is 20.1 Å². The maximum atomic E-state index is 4.78. The zero-order valence-corrected chi connectivity index (χ0v) is 23.3. The van der Waals surface area contributed by atoms with Gasteiger partial charge in [-0.25, -0.2) is 5.56 Å². The molecule has 3 aromatic heterocycles. The number of fused-ring (bicyclic) bond motifs is 3. The number of rotatable bonds is 3. The van der Waals surface area contributed by atoms with Gasteiger partial charge < -0.3 is 0 Å². The molecule has 0 spiro atoms. The van der Waals surface area contributed by atoms with E-state index in [9.17, 15) is 0 Å². The minimum atomic E-state index is 0. The Morgan fingerprint density at radius 3 is 1.85 bits per heavy atom. The number of nitrogens with zero attached hydrogens (tertiary/aromatic N) is 3. The van der Waals surface area contributed by atoms with Gasteiger partial charge >= 0.3 is 20.1 Å². The van der Waals surface area contributed by atoms with Crippen LogP contribution in [0.25, 0.3) is 55.4 Å². The van der Waals surface area contributed by atoms with Crippen molar-refractivity contribution in [1.82, 2.24) is 15.0 Å². The van der Waals surface area contributed by atoms with Crippen LogP contribution in [0.4, 0.5) is 0 Å². The second-order valence-corrected chi connectivity index (χ2v) is 8.65. The van der Waals surface area contributed by atoms with Gasteiger partial charge in [0, 0.05) is 28.9 Å². The quantitative estimate of drug-likeness (QED) is 0.140. The first-order chi connectivity index (χ1) is 18.8. The Morgan fingerprint density at radius 1 is 0.436 bits per heavy atom. The molecule has 186 valence electrons. The first-order valence-electron chi connectivity index (χ1n) is 12.4. The van der Waals surface area contributed by atoms with Crippen molar-refractivity contribution in [3.8, 4) is 33.6 Å². The van der Waals surface area contributed by atoms with Crippen LogP contribution in [0, 0.1) is 18.2 Å². The van der Waals surface area contributed by atoms with Crippen molar-refractivity contribution in [3.05, 3.63) is 152 Å². The van der Waals surface area contributed by atoms with Crippen molar-refractivity contribution in [3.63, 3.8) is 0 Å². The van der Waals surface area contributed by atoms with Gasteiger partial charge in [0.25, 0.3) is 0 Å². The predicted octanol–water partition coefficient (Wildman–Crippen LogP) is 8.26. The van der Waals surface area contributed by atoms with E-state index in [0.29, 0.717) is 0 Å². The van der Waals surface area contributed by atoms with E-state index in [4.69, 9.17) is 4.98 Å². The van der Waals surface area contributed by atoms with Gasteiger partial charge in [0.1, 0.15) is 0 Å². The summed E-state index contributed by atoms with van der Waals surface area (Å²) in [5, 5.41) is 2.22. The molecule has 3 nitrogen and oxygen atoms in total. The summed E-state index contributed by atoms with van der Waals surface area (Å²) in [6.07, 6.45) is 3.61. The maximum Gasteiger partial charge on any atom is 3.00 e. The van der Waals surface area contributed by atoms with Crippen LogP contribution in [0.2, 0.25) is 0 Å². The van der Waals surface area contributed by atoms with Crippen LogP contribution in [0.5, 0.6) is 0 Å². The third-order valence-electron chi connectivity index (χ3n) is 6.15. The SMILES string of the molecule is [Ir+3].[c-]1ccccc1-c1[c-]c(-c2ccccn2)ccc1.[c-]1ccccc1-c1ccc2ccc3cccnc3c2n1. The van der Waals surface area contributed by atoms with Crippen molar-refractivity contribution in [2.75, 3.05) is 0 Å². The Balaban J connectivity index is 0.000000155. The van der Waals surface area contributed by atoms with Gasteiger partial charge in [-0.1, -0.05) is 42.5 Å². The smallest absolute Gasteiger partial charge is 0.295 e. The van der Waals surface area contributed by atoms with Gasteiger partial charge in [-0.2, -0.15) is 42.0 Å². The van der Waals surface area contributed by atoms with Gasteiger partial charge in [0.05, 0.1) is 11.0 Å². The summed E-state index contributed by atoms with van der Waals surface area (Å²) < 4.78 is 0. The second kappa shape index (κ2) is 12.4. The average Bonchev–Trinajstić information content (AvgIpc) is 3.02. The molecule has 0 saturated carbocycles. The average molecular weight is 677 g/mol. The molecule has 0 unspecified atom stereocenters. The van der Waals surface area contributed by atoms with E-state index in [1.807, 2.05) is 103 Å². The first-order valence-corrected chi connectivity index (χ1v) is 12.4. The monoisotopic (exact) mass is 677 g/mol. The molecular weight excluding hydrogens is 655 g/mol. The van der Waals surface area contributed by atoms with Gasteiger partial charge in [-0.15, -0.1) is 59.7 Å². The normalized spacial score (nSPS) is 10.4. The standard InChI is InChI=1S/C18H11N2.C17H11N.Ir/c1-2-5-13(6-3-1)16-11-10-15-9-8-14-7-4-12-19-17(14)18(15)20-16;1-2-7-14(8-3-1)15-9-6-10-16(13-15)17-11-4-5-12-18-17;/h1-5,7-12H;1-7,9-12H;/q-1;-2;+3.